The zero-order valence-corrected chi connectivity index (χ0v) is 11.9. The molecule has 1 atom stereocenters. The van der Waals surface area contributed by atoms with Crippen LogP contribution in [0.1, 0.15) is 30.5 Å². The van der Waals surface area contributed by atoms with E-state index in [1.54, 1.807) is 0 Å². The molecule has 3 rings (SSSR count). The largest absolute Gasteiger partial charge is 0.369 e. The van der Waals surface area contributed by atoms with Crippen molar-refractivity contribution >= 4 is 17.0 Å². The highest BCUT2D eigenvalue weighted by atomic mass is 15.2. The number of aromatic nitrogens is 2. The maximum absolute atomic E-state index is 6.17. The van der Waals surface area contributed by atoms with Crippen molar-refractivity contribution in [2.24, 2.45) is 0 Å². The third kappa shape index (κ3) is 2.05. The Morgan fingerprint density at radius 1 is 1.15 bits per heavy atom. The monoisotopic (exact) mass is 265 g/mol. The van der Waals surface area contributed by atoms with Gasteiger partial charge in [0.05, 0.1) is 17.1 Å². The lowest BCUT2D eigenvalue weighted by molar-refractivity contribution is 0.589. The second-order valence-electron chi connectivity index (χ2n) is 5.17. The van der Waals surface area contributed by atoms with Gasteiger partial charge in [-0.2, -0.15) is 0 Å². The van der Waals surface area contributed by atoms with Gasteiger partial charge in [-0.05, 0) is 36.6 Å². The lowest BCUT2D eigenvalue weighted by atomic mass is 10.0. The Balaban J connectivity index is 2.19. The smallest absolute Gasteiger partial charge is 0.201 e. The van der Waals surface area contributed by atoms with Gasteiger partial charge in [0.15, 0.2) is 0 Å². The fraction of sp³-hybridized carbons (Fsp3) is 0.235. The summed E-state index contributed by atoms with van der Waals surface area (Å²) >= 11 is 0. The van der Waals surface area contributed by atoms with Crippen molar-refractivity contribution in [3.63, 3.8) is 0 Å². The van der Waals surface area contributed by atoms with Gasteiger partial charge in [0.2, 0.25) is 5.95 Å². The molecule has 3 aromatic rings. The summed E-state index contributed by atoms with van der Waals surface area (Å²) in [6.45, 7) is 4.25. The number of fused-ring (bicyclic) bond motifs is 1. The van der Waals surface area contributed by atoms with Crippen LogP contribution in [0, 0.1) is 6.92 Å². The molecule has 0 aliphatic rings. The number of nitrogen functional groups attached to an aromatic ring is 1. The molecule has 2 aromatic carbocycles. The number of nitrogens with two attached hydrogens (primary N) is 1. The molecule has 0 amide bonds. The van der Waals surface area contributed by atoms with Gasteiger partial charge in [-0.15, -0.1) is 0 Å². The van der Waals surface area contributed by atoms with Crippen molar-refractivity contribution in [2.75, 3.05) is 5.73 Å². The van der Waals surface area contributed by atoms with E-state index < -0.39 is 0 Å². The van der Waals surface area contributed by atoms with Crippen molar-refractivity contribution in [1.29, 1.82) is 0 Å². The highest BCUT2D eigenvalue weighted by Gasteiger charge is 2.17. The van der Waals surface area contributed by atoms with E-state index in [0.29, 0.717) is 5.95 Å². The molecule has 0 saturated heterocycles. The lowest BCUT2D eigenvalue weighted by Crippen LogP contribution is -2.12. The van der Waals surface area contributed by atoms with E-state index in [2.05, 4.69) is 65.9 Å². The Kier molecular flexibility index (Phi) is 3.18. The molecule has 0 fully saturated rings. The molecule has 1 heterocycles. The molecule has 0 aliphatic carbocycles. The van der Waals surface area contributed by atoms with Crippen LogP contribution in [0.15, 0.2) is 48.5 Å². The predicted octanol–water partition coefficient (Wildman–Crippen LogP) is 3.93. The van der Waals surface area contributed by atoms with Gasteiger partial charge >= 0.3 is 0 Å². The molecule has 0 bridgehead atoms. The van der Waals surface area contributed by atoms with Crippen LogP contribution in [0.25, 0.3) is 11.0 Å². The minimum Gasteiger partial charge on any atom is -0.369 e. The highest BCUT2D eigenvalue weighted by molar-refractivity contribution is 5.79. The number of hydrogen-bond donors (Lipinski definition) is 1. The molecule has 0 spiro atoms. The van der Waals surface area contributed by atoms with Crippen molar-refractivity contribution in [3.8, 4) is 0 Å². The van der Waals surface area contributed by atoms with Crippen LogP contribution >= 0.6 is 0 Å². The van der Waals surface area contributed by atoms with E-state index in [-0.39, 0.29) is 6.04 Å². The quantitative estimate of drug-likeness (QED) is 0.780. The maximum atomic E-state index is 6.17. The number of aryl methyl sites for hydroxylation is 1. The Morgan fingerprint density at radius 2 is 1.90 bits per heavy atom. The average molecular weight is 265 g/mol. The second-order valence-corrected chi connectivity index (χ2v) is 5.17. The molecular formula is C17H19N3. The first kappa shape index (κ1) is 12.7. The summed E-state index contributed by atoms with van der Waals surface area (Å²) in [5.41, 5.74) is 10.7. The summed E-state index contributed by atoms with van der Waals surface area (Å²) < 4.78 is 2.14. The summed E-state index contributed by atoms with van der Waals surface area (Å²) in [6.07, 6.45) is 0.980. The van der Waals surface area contributed by atoms with E-state index >= 15 is 0 Å². The maximum Gasteiger partial charge on any atom is 0.201 e. The molecule has 3 nitrogen and oxygen atoms in total. The average Bonchev–Trinajstić information content (AvgIpc) is 2.77. The molecular weight excluding hydrogens is 246 g/mol. The van der Waals surface area contributed by atoms with Crippen LogP contribution in [-0.2, 0) is 0 Å². The van der Waals surface area contributed by atoms with Crippen LogP contribution in [0.5, 0.6) is 0 Å². The molecule has 0 aliphatic heterocycles. The Morgan fingerprint density at radius 3 is 2.60 bits per heavy atom. The highest BCUT2D eigenvalue weighted by Crippen LogP contribution is 2.29. The summed E-state index contributed by atoms with van der Waals surface area (Å²) in [7, 11) is 0. The van der Waals surface area contributed by atoms with E-state index in [1.807, 2.05) is 6.07 Å². The molecule has 1 unspecified atom stereocenters. The minimum absolute atomic E-state index is 0.226. The Hall–Kier alpha value is -2.29. The first-order valence-corrected chi connectivity index (χ1v) is 6.99. The van der Waals surface area contributed by atoms with Gasteiger partial charge in [-0.25, -0.2) is 4.98 Å². The zero-order chi connectivity index (χ0) is 14.1. The van der Waals surface area contributed by atoms with Gasteiger partial charge < -0.3 is 10.3 Å². The third-order valence-corrected chi connectivity index (χ3v) is 3.75. The fourth-order valence-corrected chi connectivity index (χ4v) is 2.80. The molecule has 1 aromatic heterocycles. The number of benzene rings is 2. The molecule has 102 valence electrons. The van der Waals surface area contributed by atoms with Crippen molar-refractivity contribution in [3.05, 3.63) is 59.7 Å². The van der Waals surface area contributed by atoms with Crippen LogP contribution in [0.4, 0.5) is 5.95 Å². The van der Waals surface area contributed by atoms with Gasteiger partial charge in [0.25, 0.3) is 0 Å². The predicted molar refractivity (Wildman–Crippen MR) is 83.8 cm³/mol. The summed E-state index contributed by atoms with van der Waals surface area (Å²) in [4.78, 5) is 4.51. The van der Waals surface area contributed by atoms with Crippen LogP contribution in [-0.4, -0.2) is 9.55 Å². The van der Waals surface area contributed by atoms with Gasteiger partial charge in [-0.1, -0.05) is 43.3 Å². The number of anilines is 1. The Labute approximate surface area is 119 Å². The molecule has 20 heavy (non-hydrogen) atoms. The van der Waals surface area contributed by atoms with Gasteiger partial charge in [-0.3, -0.25) is 0 Å². The Bertz CT molecular complexity index is 729. The summed E-state index contributed by atoms with van der Waals surface area (Å²) in [5.74, 6) is 0.585. The zero-order valence-electron chi connectivity index (χ0n) is 11.9. The van der Waals surface area contributed by atoms with Crippen molar-refractivity contribution < 1.29 is 0 Å². The van der Waals surface area contributed by atoms with Crippen LogP contribution in [0.3, 0.4) is 0 Å². The molecule has 0 saturated carbocycles. The van der Waals surface area contributed by atoms with Crippen molar-refractivity contribution in [2.45, 2.75) is 26.3 Å². The topological polar surface area (TPSA) is 43.8 Å². The molecule has 0 radical (unpaired) electrons. The number of imidazole rings is 1. The normalized spacial score (nSPS) is 12.7. The SMILES string of the molecule is CCC(c1ccccc1)n1c(N)nc2cc(C)ccc21. The molecule has 3 heteroatoms. The third-order valence-electron chi connectivity index (χ3n) is 3.75. The molecule has 2 N–H and O–H groups in total. The standard InChI is InChI=1S/C17H19N3/c1-3-15(13-7-5-4-6-8-13)20-16-10-9-12(2)11-14(16)19-17(20)18/h4-11,15H,3H2,1-2H3,(H2,18,19). The van der Waals surface area contributed by atoms with Crippen molar-refractivity contribution in [1.82, 2.24) is 9.55 Å². The first-order valence-electron chi connectivity index (χ1n) is 6.99. The fourth-order valence-electron chi connectivity index (χ4n) is 2.80. The number of rotatable bonds is 3. The van der Waals surface area contributed by atoms with E-state index in [9.17, 15) is 0 Å². The summed E-state index contributed by atoms with van der Waals surface area (Å²) in [5, 5.41) is 0. The van der Waals surface area contributed by atoms with E-state index in [0.717, 1.165) is 17.5 Å². The van der Waals surface area contributed by atoms with E-state index in [4.69, 9.17) is 5.73 Å². The van der Waals surface area contributed by atoms with Gasteiger partial charge in [0.1, 0.15) is 0 Å². The minimum atomic E-state index is 0.226. The second kappa shape index (κ2) is 5.00. The number of hydrogen-bond acceptors (Lipinski definition) is 2. The number of nitrogens with zero attached hydrogens (tertiary/aromatic N) is 2. The van der Waals surface area contributed by atoms with E-state index in [1.165, 1.54) is 11.1 Å². The van der Waals surface area contributed by atoms with Crippen LogP contribution < -0.4 is 5.73 Å². The van der Waals surface area contributed by atoms with Crippen LogP contribution in [0.2, 0.25) is 0 Å². The lowest BCUT2D eigenvalue weighted by Gasteiger charge is -2.19. The first-order chi connectivity index (χ1) is 9.70. The van der Waals surface area contributed by atoms with Gasteiger partial charge in [0, 0.05) is 0 Å². The summed E-state index contributed by atoms with van der Waals surface area (Å²) in [6, 6.07) is 17.0.